The number of hydrogen-bond acceptors (Lipinski definition) is 1. The summed E-state index contributed by atoms with van der Waals surface area (Å²) in [6, 6.07) is 4.88. The zero-order valence-electron chi connectivity index (χ0n) is 14.2. The van der Waals surface area contributed by atoms with Crippen molar-refractivity contribution in [2.75, 3.05) is 13.1 Å². The van der Waals surface area contributed by atoms with Crippen LogP contribution in [0.3, 0.4) is 0 Å². The second-order valence-electron chi connectivity index (χ2n) is 7.83. The quantitative estimate of drug-likeness (QED) is 0.873. The van der Waals surface area contributed by atoms with Gasteiger partial charge >= 0.3 is 0 Å². The van der Waals surface area contributed by atoms with Crippen molar-refractivity contribution in [3.05, 3.63) is 35.8 Å². The number of nitrogens with zero attached hydrogens (tertiary/aromatic N) is 1. The Balaban J connectivity index is 1.69. The number of fused-ring (bicyclic) bond motifs is 1. The van der Waals surface area contributed by atoms with Gasteiger partial charge in [-0.05, 0) is 47.9 Å². The molecule has 1 saturated heterocycles. The molecule has 0 unspecified atom stereocenters. The van der Waals surface area contributed by atoms with Crippen LogP contribution in [0.5, 0.6) is 0 Å². The summed E-state index contributed by atoms with van der Waals surface area (Å²) in [5, 5.41) is 0.976. The molecule has 2 heterocycles. The second kappa shape index (κ2) is 5.99. The number of aromatic amines is 1. The Morgan fingerprint density at radius 3 is 2.65 bits per heavy atom. The van der Waals surface area contributed by atoms with Gasteiger partial charge in [-0.25, -0.2) is 4.39 Å². The molecular weight excluding hydrogens is 291 g/mol. The highest BCUT2D eigenvalue weighted by atomic mass is 19.1. The topological polar surface area (TPSA) is 36.1 Å². The lowest BCUT2D eigenvalue weighted by atomic mass is 9.87. The molecular formula is C19H25FN2O. The Labute approximate surface area is 136 Å². The number of benzene rings is 1. The maximum absolute atomic E-state index is 13.5. The predicted molar refractivity (Wildman–Crippen MR) is 90.9 cm³/mol. The van der Waals surface area contributed by atoms with Crippen molar-refractivity contribution >= 4 is 16.8 Å². The average Bonchev–Trinajstić information content (AvgIpc) is 2.88. The van der Waals surface area contributed by atoms with Crippen LogP contribution in [0.1, 0.15) is 51.5 Å². The molecule has 3 rings (SSSR count). The van der Waals surface area contributed by atoms with Crippen molar-refractivity contribution in [2.45, 2.75) is 46.0 Å². The summed E-state index contributed by atoms with van der Waals surface area (Å²) in [5.41, 5.74) is 2.19. The second-order valence-corrected chi connectivity index (χ2v) is 7.83. The molecule has 1 aromatic carbocycles. The molecule has 1 aliphatic rings. The molecule has 3 nitrogen and oxygen atoms in total. The molecule has 2 aromatic rings. The molecule has 23 heavy (non-hydrogen) atoms. The van der Waals surface area contributed by atoms with E-state index in [0.29, 0.717) is 12.3 Å². The van der Waals surface area contributed by atoms with Crippen LogP contribution in [0.25, 0.3) is 10.9 Å². The number of H-pyrrole nitrogens is 1. The number of amides is 1. The monoisotopic (exact) mass is 316 g/mol. The first kappa shape index (κ1) is 16.0. The lowest BCUT2D eigenvalue weighted by Gasteiger charge is -2.33. The highest BCUT2D eigenvalue weighted by Crippen LogP contribution is 2.34. The van der Waals surface area contributed by atoms with Gasteiger partial charge in [0.25, 0.3) is 0 Å². The van der Waals surface area contributed by atoms with E-state index < -0.39 is 0 Å². The number of carbonyl (C=O) groups is 1. The zero-order valence-corrected chi connectivity index (χ0v) is 14.2. The van der Waals surface area contributed by atoms with E-state index in [1.807, 2.05) is 11.1 Å². The van der Waals surface area contributed by atoms with Crippen LogP contribution < -0.4 is 0 Å². The van der Waals surface area contributed by atoms with E-state index in [1.54, 1.807) is 12.1 Å². The standard InChI is InChI=1S/C19H25FN2O/c1-19(2,3)11-18(23)22-8-6-13(7-9-22)16-12-21-17-5-4-14(20)10-15(16)17/h4-5,10,12-13,21H,6-9,11H2,1-3H3. The summed E-state index contributed by atoms with van der Waals surface area (Å²) in [7, 11) is 0. The number of piperidine rings is 1. The molecule has 0 aliphatic carbocycles. The van der Waals surface area contributed by atoms with E-state index in [-0.39, 0.29) is 17.1 Å². The summed E-state index contributed by atoms with van der Waals surface area (Å²) in [4.78, 5) is 17.5. The third kappa shape index (κ3) is 3.57. The van der Waals surface area contributed by atoms with Gasteiger partial charge in [0.2, 0.25) is 5.91 Å². The maximum Gasteiger partial charge on any atom is 0.223 e. The van der Waals surface area contributed by atoms with E-state index in [0.717, 1.165) is 36.8 Å². The number of hydrogen-bond donors (Lipinski definition) is 1. The summed E-state index contributed by atoms with van der Waals surface area (Å²) in [5.74, 6) is 0.446. The first-order chi connectivity index (χ1) is 10.8. The summed E-state index contributed by atoms with van der Waals surface area (Å²) < 4.78 is 13.5. The average molecular weight is 316 g/mol. The molecule has 0 bridgehead atoms. The van der Waals surface area contributed by atoms with Crippen LogP contribution in [-0.4, -0.2) is 28.9 Å². The van der Waals surface area contributed by atoms with Crippen molar-refractivity contribution < 1.29 is 9.18 Å². The number of halogens is 1. The molecule has 124 valence electrons. The lowest BCUT2D eigenvalue weighted by Crippen LogP contribution is -2.39. The van der Waals surface area contributed by atoms with E-state index in [2.05, 4.69) is 25.8 Å². The van der Waals surface area contributed by atoms with Gasteiger partial charge in [0.15, 0.2) is 0 Å². The van der Waals surface area contributed by atoms with Crippen LogP contribution in [0.2, 0.25) is 0 Å². The Morgan fingerprint density at radius 2 is 2.00 bits per heavy atom. The summed E-state index contributed by atoms with van der Waals surface area (Å²) >= 11 is 0. The summed E-state index contributed by atoms with van der Waals surface area (Å²) in [6.45, 7) is 7.87. The third-order valence-corrected chi connectivity index (χ3v) is 4.64. The van der Waals surface area contributed by atoms with Crippen LogP contribution >= 0.6 is 0 Å². The third-order valence-electron chi connectivity index (χ3n) is 4.64. The smallest absolute Gasteiger partial charge is 0.223 e. The van der Waals surface area contributed by atoms with Crippen LogP contribution in [-0.2, 0) is 4.79 Å². The van der Waals surface area contributed by atoms with Gasteiger partial charge < -0.3 is 9.88 Å². The first-order valence-electron chi connectivity index (χ1n) is 8.38. The molecule has 1 fully saturated rings. The van der Waals surface area contributed by atoms with E-state index >= 15 is 0 Å². The van der Waals surface area contributed by atoms with E-state index in [9.17, 15) is 9.18 Å². The molecule has 1 N–H and O–H groups in total. The van der Waals surface area contributed by atoms with Gasteiger partial charge in [-0.2, -0.15) is 0 Å². The van der Waals surface area contributed by atoms with Gasteiger partial charge in [-0.15, -0.1) is 0 Å². The van der Waals surface area contributed by atoms with E-state index in [1.165, 1.54) is 11.6 Å². The molecule has 1 aromatic heterocycles. The van der Waals surface area contributed by atoms with Crippen LogP contribution in [0.15, 0.2) is 24.4 Å². The SMILES string of the molecule is CC(C)(C)CC(=O)N1CCC(c2c[nH]c3ccc(F)cc23)CC1. The van der Waals surface area contributed by atoms with Crippen molar-refractivity contribution in [1.29, 1.82) is 0 Å². The molecule has 0 spiro atoms. The Kier molecular flexibility index (Phi) is 4.17. The predicted octanol–water partition coefficient (Wildman–Crippen LogP) is 4.45. The number of rotatable bonds is 2. The normalized spacial score (nSPS) is 17.0. The highest BCUT2D eigenvalue weighted by molar-refractivity contribution is 5.84. The summed E-state index contributed by atoms with van der Waals surface area (Å²) in [6.07, 6.45) is 4.48. The van der Waals surface area contributed by atoms with Gasteiger partial charge in [-0.1, -0.05) is 20.8 Å². The lowest BCUT2D eigenvalue weighted by molar-refractivity contribution is -0.134. The minimum Gasteiger partial charge on any atom is -0.361 e. The number of likely N-dealkylation sites (tertiary alicyclic amines) is 1. The number of nitrogens with one attached hydrogen (secondary N) is 1. The highest BCUT2D eigenvalue weighted by Gasteiger charge is 2.27. The molecule has 1 aliphatic heterocycles. The Bertz CT molecular complexity index is 706. The molecule has 0 atom stereocenters. The maximum atomic E-state index is 13.5. The van der Waals surface area contributed by atoms with E-state index in [4.69, 9.17) is 0 Å². The largest absolute Gasteiger partial charge is 0.361 e. The molecule has 1 amide bonds. The van der Waals surface area contributed by atoms with Gasteiger partial charge in [0.05, 0.1) is 0 Å². The number of carbonyl (C=O) groups excluding carboxylic acids is 1. The van der Waals surface area contributed by atoms with Crippen molar-refractivity contribution in [3.63, 3.8) is 0 Å². The molecule has 4 heteroatoms. The molecule has 0 radical (unpaired) electrons. The van der Waals surface area contributed by atoms with Crippen molar-refractivity contribution in [1.82, 2.24) is 9.88 Å². The van der Waals surface area contributed by atoms with Crippen molar-refractivity contribution in [3.8, 4) is 0 Å². The van der Waals surface area contributed by atoms with Gasteiger partial charge in [0.1, 0.15) is 5.82 Å². The fourth-order valence-corrected chi connectivity index (χ4v) is 3.46. The number of aromatic nitrogens is 1. The van der Waals surface area contributed by atoms with Crippen LogP contribution in [0, 0.1) is 11.2 Å². The Morgan fingerprint density at radius 1 is 1.30 bits per heavy atom. The van der Waals surface area contributed by atoms with Gasteiger partial charge in [0, 0.05) is 36.6 Å². The fraction of sp³-hybridized carbons (Fsp3) is 0.526. The van der Waals surface area contributed by atoms with Crippen LogP contribution in [0.4, 0.5) is 4.39 Å². The zero-order chi connectivity index (χ0) is 16.6. The first-order valence-corrected chi connectivity index (χ1v) is 8.38. The van der Waals surface area contributed by atoms with Crippen molar-refractivity contribution in [2.24, 2.45) is 5.41 Å². The molecule has 0 saturated carbocycles. The minimum atomic E-state index is -0.198. The van der Waals surface area contributed by atoms with Gasteiger partial charge in [-0.3, -0.25) is 4.79 Å². The Hall–Kier alpha value is -1.84. The fourth-order valence-electron chi connectivity index (χ4n) is 3.46. The minimum absolute atomic E-state index is 0.0301.